The SMILES string of the molecule is Cc1cccc(C(=O)N(c2ccccc2)S(=O)(=O)c2ccccc2)c1. The topological polar surface area (TPSA) is 54.5 Å². The first kappa shape index (κ1) is 16.9. The van der Waals surface area contributed by atoms with E-state index in [0.717, 1.165) is 9.87 Å². The van der Waals surface area contributed by atoms with Crippen molar-refractivity contribution >= 4 is 21.6 Å². The molecule has 0 aliphatic heterocycles. The van der Waals surface area contributed by atoms with E-state index in [1.54, 1.807) is 66.7 Å². The van der Waals surface area contributed by atoms with Gasteiger partial charge in [-0.25, -0.2) is 8.42 Å². The predicted octanol–water partition coefficient (Wildman–Crippen LogP) is 4.03. The zero-order valence-electron chi connectivity index (χ0n) is 13.7. The molecule has 0 aliphatic carbocycles. The first-order valence-electron chi connectivity index (χ1n) is 7.76. The van der Waals surface area contributed by atoms with Gasteiger partial charge < -0.3 is 0 Å². The molecular weight excluding hydrogens is 334 g/mol. The average molecular weight is 351 g/mol. The van der Waals surface area contributed by atoms with Crippen LogP contribution < -0.4 is 4.31 Å². The van der Waals surface area contributed by atoms with Crippen LogP contribution in [0.4, 0.5) is 5.69 Å². The Labute approximate surface area is 147 Å². The van der Waals surface area contributed by atoms with Crippen LogP contribution in [0.5, 0.6) is 0 Å². The van der Waals surface area contributed by atoms with E-state index in [1.165, 1.54) is 12.1 Å². The van der Waals surface area contributed by atoms with Crippen LogP contribution in [0.1, 0.15) is 15.9 Å². The highest BCUT2D eigenvalue weighted by atomic mass is 32.2. The fourth-order valence-corrected chi connectivity index (χ4v) is 3.96. The average Bonchev–Trinajstić information content (AvgIpc) is 2.63. The molecule has 25 heavy (non-hydrogen) atoms. The molecule has 0 N–H and O–H groups in total. The monoisotopic (exact) mass is 351 g/mol. The van der Waals surface area contributed by atoms with Crippen LogP contribution in [0.25, 0.3) is 0 Å². The van der Waals surface area contributed by atoms with Crippen LogP contribution in [0.2, 0.25) is 0 Å². The molecule has 0 aliphatic rings. The van der Waals surface area contributed by atoms with Crippen LogP contribution in [-0.2, 0) is 10.0 Å². The summed E-state index contributed by atoms with van der Waals surface area (Å²) in [5, 5.41) is 0. The normalized spacial score (nSPS) is 11.1. The molecule has 0 radical (unpaired) electrons. The second-order valence-corrected chi connectivity index (χ2v) is 7.38. The Morgan fingerprint density at radius 1 is 0.800 bits per heavy atom. The molecule has 0 unspecified atom stereocenters. The van der Waals surface area contributed by atoms with Crippen LogP contribution in [0, 0.1) is 6.92 Å². The molecule has 1 amide bonds. The molecule has 0 fully saturated rings. The van der Waals surface area contributed by atoms with Crippen molar-refractivity contribution in [2.45, 2.75) is 11.8 Å². The lowest BCUT2D eigenvalue weighted by Crippen LogP contribution is -2.37. The van der Waals surface area contributed by atoms with Gasteiger partial charge in [-0.15, -0.1) is 0 Å². The van der Waals surface area contributed by atoms with Crippen molar-refractivity contribution in [1.82, 2.24) is 0 Å². The molecule has 3 aromatic carbocycles. The summed E-state index contributed by atoms with van der Waals surface area (Å²) in [4.78, 5) is 13.1. The summed E-state index contributed by atoms with van der Waals surface area (Å²) < 4.78 is 27.1. The zero-order chi connectivity index (χ0) is 17.9. The third-order valence-corrected chi connectivity index (χ3v) is 5.45. The van der Waals surface area contributed by atoms with E-state index in [4.69, 9.17) is 0 Å². The molecule has 0 saturated carbocycles. The number of para-hydroxylation sites is 1. The number of carbonyl (C=O) groups excluding carboxylic acids is 1. The Morgan fingerprint density at radius 2 is 1.40 bits per heavy atom. The van der Waals surface area contributed by atoms with Crippen LogP contribution >= 0.6 is 0 Å². The minimum absolute atomic E-state index is 0.0693. The van der Waals surface area contributed by atoms with Crippen molar-refractivity contribution < 1.29 is 13.2 Å². The molecule has 0 atom stereocenters. The molecule has 0 bridgehead atoms. The number of carbonyl (C=O) groups is 1. The standard InChI is InChI=1S/C20H17NO3S/c1-16-9-8-10-17(15-16)20(22)21(18-11-4-2-5-12-18)25(23,24)19-13-6-3-7-14-19/h2-15H,1H3. The minimum Gasteiger partial charge on any atom is -0.268 e. The van der Waals surface area contributed by atoms with Gasteiger partial charge in [-0.2, -0.15) is 4.31 Å². The Balaban J connectivity index is 2.16. The summed E-state index contributed by atoms with van der Waals surface area (Å²) in [6.45, 7) is 1.86. The number of hydrogen-bond donors (Lipinski definition) is 0. The van der Waals surface area contributed by atoms with Crippen molar-refractivity contribution in [3.63, 3.8) is 0 Å². The second-order valence-electron chi connectivity index (χ2n) is 5.59. The fraction of sp³-hybridized carbons (Fsp3) is 0.0500. The van der Waals surface area contributed by atoms with Crippen molar-refractivity contribution in [2.75, 3.05) is 4.31 Å². The Bertz CT molecular complexity index is 984. The van der Waals surface area contributed by atoms with E-state index < -0.39 is 15.9 Å². The lowest BCUT2D eigenvalue weighted by Gasteiger charge is -2.23. The molecule has 0 spiro atoms. The van der Waals surface area contributed by atoms with E-state index in [9.17, 15) is 13.2 Å². The van der Waals surface area contributed by atoms with Crippen molar-refractivity contribution in [1.29, 1.82) is 0 Å². The molecule has 126 valence electrons. The molecule has 3 aromatic rings. The first-order valence-corrected chi connectivity index (χ1v) is 9.20. The largest absolute Gasteiger partial charge is 0.272 e. The highest BCUT2D eigenvalue weighted by molar-refractivity contribution is 7.93. The number of sulfonamides is 1. The van der Waals surface area contributed by atoms with E-state index in [1.807, 2.05) is 13.0 Å². The van der Waals surface area contributed by atoms with Crippen molar-refractivity contribution in [3.05, 3.63) is 96.1 Å². The van der Waals surface area contributed by atoms with Gasteiger partial charge in [-0.1, -0.05) is 54.1 Å². The summed E-state index contributed by atoms with van der Waals surface area (Å²) in [7, 11) is -4.03. The van der Waals surface area contributed by atoms with Gasteiger partial charge in [0, 0.05) is 5.56 Å². The smallest absolute Gasteiger partial charge is 0.268 e. The quantitative estimate of drug-likeness (QED) is 0.713. The van der Waals surface area contributed by atoms with Gasteiger partial charge >= 0.3 is 0 Å². The Hall–Kier alpha value is -2.92. The fourth-order valence-electron chi connectivity index (χ4n) is 2.52. The van der Waals surface area contributed by atoms with Gasteiger partial charge in [0.25, 0.3) is 15.9 Å². The highest BCUT2D eigenvalue weighted by Gasteiger charge is 2.31. The Morgan fingerprint density at radius 3 is 2.00 bits per heavy atom. The lowest BCUT2D eigenvalue weighted by atomic mass is 10.1. The molecule has 0 saturated heterocycles. The molecular formula is C20H17NO3S. The van der Waals surface area contributed by atoms with E-state index in [0.29, 0.717) is 11.3 Å². The summed E-state index contributed by atoms with van der Waals surface area (Å²) in [6.07, 6.45) is 0. The van der Waals surface area contributed by atoms with Gasteiger partial charge in [0.1, 0.15) is 0 Å². The Kier molecular flexibility index (Phi) is 4.67. The lowest BCUT2D eigenvalue weighted by molar-refractivity contribution is 0.101. The summed E-state index contributed by atoms with van der Waals surface area (Å²) >= 11 is 0. The van der Waals surface area contributed by atoms with Crippen molar-refractivity contribution in [3.8, 4) is 0 Å². The minimum atomic E-state index is -4.03. The van der Waals surface area contributed by atoms with Crippen LogP contribution in [-0.4, -0.2) is 14.3 Å². The van der Waals surface area contributed by atoms with Crippen molar-refractivity contribution in [2.24, 2.45) is 0 Å². The number of rotatable bonds is 4. The molecule has 3 rings (SSSR count). The third kappa shape index (κ3) is 3.46. The maximum Gasteiger partial charge on any atom is 0.272 e. The number of anilines is 1. The molecule has 0 aromatic heterocycles. The van der Waals surface area contributed by atoms with Crippen LogP contribution in [0.3, 0.4) is 0 Å². The number of benzene rings is 3. The van der Waals surface area contributed by atoms with E-state index in [-0.39, 0.29) is 4.90 Å². The summed E-state index contributed by atoms with van der Waals surface area (Å²) in [6, 6.07) is 23.2. The molecule has 4 nitrogen and oxygen atoms in total. The highest BCUT2D eigenvalue weighted by Crippen LogP contribution is 2.26. The summed E-state index contributed by atoms with van der Waals surface area (Å²) in [5.41, 5.74) is 1.51. The second kappa shape index (κ2) is 6.91. The predicted molar refractivity (Wildman–Crippen MR) is 98.1 cm³/mol. The van der Waals surface area contributed by atoms with E-state index >= 15 is 0 Å². The van der Waals surface area contributed by atoms with Gasteiger partial charge in [-0.05, 0) is 43.3 Å². The molecule has 5 heteroatoms. The van der Waals surface area contributed by atoms with Gasteiger partial charge in [0.2, 0.25) is 0 Å². The molecule has 0 heterocycles. The number of amides is 1. The van der Waals surface area contributed by atoms with Gasteiger partial charge in [0.05, 0.1) is 10.6 Å². The number of nitrogens with zero attached hydrogens (tertiary/aromatic N) is 1. The number of aryl methyl sites for hydroxylation is 1. The summed E-state index contributed by atoms with van der Waals surface area (Å²) in [5.74, 6) is -0.584. The van der Waals surface area contributed by atoms with E-state index in [2.05, 4.69) is 0 Å². The first-order chi connectivity index (χ1) is 12.0. The maximum absolute atomic E-state index is 13.1. The van der Waals surface area contributed by atoms with Gasteiger partial charge in [0.15, 0.2) is 0 Å². The van der Waals surface area contributed by atoms with Gasteiger partial charge in [-0.3, -0.25) is 4.79 Å². The zero-order valence-corrected chi connectivity index (χ0v) is 14.5. The number of hydrogen-bond acceptors (Lipinski definition) is 3. The maximum atomic E-state index is 13.1. The van der Waals surface area contributed by atoms with Crippen LogP contribution in [0.15, 0.2) is 89.8 Å². The third-order valence-electron chi connectivity index (χ3n) is 3.72.